The fourth-order valence-electron chi connectivity index (χ4n) is 5.21. The average Bonchev–Trinajstić information content (AvgIpc) is 3.29. The molecule has 0 spiro atoms. The Morgan fingerprint density at radius 2 is 1.97 bits per heavy atom. The Morgan fingerprint density at radius 3 is 2.66 bits per heavy atom. The monoisotopic (exact) mass is 438 g/mol. The van der Waals surface area contributed by atoms with E-state index < -0.39 is 5.41 Å². The molecule has 170 valence electrons. The number of aromatic nitrogens is 1. The molecule has 1 aromatic carbocycles. The Labute approximate surface area is 188 Å². The normalized spacial score (nSPS) is 20.3. The molecule has 0 saturated carbocycles. The molecule has 1 aromatic heterocycles. The largest absolute Gasteiger partial charge is 0.373 e. The van der Waals surface area contributed by atoms with Crippen LogP contribution in [0.4, 0.5) is 10.2 Å². The predicted molar refractivity (Wildman–Crippen MR) is 121 cm³/mol. The van der Waals surface area contributed by atoms with Gasteiger partial charge >= 0.3 is 0 Å². The van der Waals surface area contributed by atoms with E-state index in [4.69, 9.17) is 0 Å². The number of nitrogens with one attached hydrogen (secondary N) is 1. The van der Waals surface area contributed by atoms with Gasteiger partial charge in [-0.05, 0) is 67.5 Å². The molecule has 0 radical (unpaired) electrons. The van der Waals surface area contributed by atoms with Crippen LogP contribution >= 0.6 is 0 Å². The molecule has 1 N–H and O–H groups in total. The number of anilines is 1. The lowest BCUT2D eigenvalue weighted by Gasteiger charge is -2.43. The Morgan fingerprint density at radius 1 is 1.19 bits per heavy atom. The maximum Gasteiger partial charge on any atom is 0.229 e. The minimum Gasteiger partial charge on any atom is -0.373 e. The lowest BCUT2D eigenvalue weighted by Crippen LogP contribution is -2.52. The minimum atomic E-state index is -0.638. The summed E-state index contributed by atoms with van der Waals surface area (Å²) in [6.07, 6.45) is 5.29. The van der Waals surface area contributed by atoms with Crippen molar-refractivity contribution in [2.24, 2.45) is 5.41 Å². The number of halogens is 1. The number of amides is 2. The van der Waals surface area contributed by atoms with Crippen molar-refractivity contribution in [2.45, 2.75) is 45.1 Å². The van der Waals surface area contributed by atoms with Crippen LogP contribution < -0.4 is 5.32 Å². The summed E-state index contributed by atoms with van der Waals surface area (Å²) in [5.74, 6) is 0.648. The van der Waals surface area contributed by atoms with Gasteiger partial charge < -0.3 is 15.1 Å². The number of piperidine rings is 1. The third-order valence-corrected chi connectivity index (χ3v) is 6.99. The van der Waals surface area contributed by atoms with E-state index in [-0.39, 0.29) is 23.7 Å². The van der Waals surface area contributed by atoms with E-state index >= 15 is 0 Å². The van der Waals surface area contributed by atoms with E-state index in [1.165, 1.54) is 12.1 Å². The molecule has 2 aliphatic heterocycles. The van der Waals surface area contributed by atoms with E-state index in [1.807, 2.05) is 30.1 Å². The molecule has 32 heavy (non-hydrogen) atoms. The number of benzene rings is 1. The van der Waals surface area contributed by atoms with Crippen molar-refractivity contribution in [1.82, 2.24) is 14.8 Å². The summed E-state index contributed by atoms with van der Waals surface area (Å²) in [5, 5.41) is 3.07. The molecule has 2 fully saturated rings. The molecular formula is C25H31FN4O2. The van der Waals surface area contributed by atoms with Gasteiger partial charge in [0.05, 0.1) is 11.5 Å². The summed E-state index contributed by atoms with van der Waals surface area (Å²) in [4.78, 5) is 34.2. The van der Waals surface area contributed by atoms with Gasteiger partial charge in [0.15, 0.2) is 0 Å². The van der Waals surface area contributed by atoms with Gasteiger partial charge in [0.2, 0.25) is 11.8 Å². The number of hydrogen-bond acceptors (Lipinski definition) is 4. The molecule has 7 heteroatoms. The zero-order valence-electron chi connectivity index (χ0n) is 18.8. The van der Waals surface area contributed by atoms with Crippen molar-refractivity contribution < 1.29 is 14.0 Å². The Hall–Kier alpha value is -2.96. The highest BCUT2D eigenvalue weighted by Crippen LogP contribution is 2.42. The van der Waals surface area contributed by atoms with Gasteiger partial charge in [0.25, 0.3) is 0 Å². The van der Waals surface area contributed by atoms with Gasteiger partial charge in [-0.2, -0.15) is 0 Å². The first-order valence-corrected chi connectivity index (χ1v) is 11.4. The quantitative estimate of drug-likeness (QED) is 0.771. The molecule has 0 unspecified atom stereocenters. The molecule has 0 aliphatic carbocycles. The highest BCUT2D eigenvalue weighted by molar-refractivity contribution is 5.84. The summed E-state index contributed by atoms with van der Waals surface area (Å²) in [6, 6.07) is 10.5. The van der Waals surface area contributed by atoms with Crippen LogP contribution in [0.25, 0.3) is 0 Å². The number of hydrogen-bond donors (Lipinski definition) is 1. The number of carbonyl (C=O) groups excluding carboxylic acids is 2. The lowest BCUT2D eigenvalue weighted by atomic mass is 9.72. The summed E-state index contributed by atoms with van der Waals surface area (Å²) in [6.45, 7) is 3.38. The van der Waals surface area contributed by atoms with Crippen LogP contribution in [-0.2, 0) is 16.0 Å². The SMILES string of the molecule is CNc1cc([C@@H]2CCCN2C(=O)C2(Cc3cccc(F)c3)CCN(C(C)=O)CC2)ccn1. The summed E-state index contributed by atoms with van der Waals surface area (Å²) in [5.41, 5.74) is 1.27. The molecule has 4 rings (SSSR count). The first-order chi connectivity index (χ1) is 15.4. The molecule has 0 bridgehead atoms. The minimum absolute atomic E-state index is 0.00724. The summed E-state index contributed by atoms with van der Waals surface area (Å²) in [7, 11) is 1.83. The van der Waals surface area contributed by atoms with Crippen LogP contribution in [0.5, 0.6) is 0 Å². The van der Waals surface area contributed by atoms with Crippen molar-refractivity contribution in [3.63, 3.8) is 0 Å². The van der Waals surface area contributed by atoms with Crippen molar-refractivity contribution >= 4 is 17.6 Å². The molecule has 2 aliphatic rings. The first-order valence-electron chi connectivity index (χ1n) is 11.4. The Balaban J connectivity index is 1.64. The second-order valence-corrected chi connectivity index (χ2v) is 8.97. The average molecular weight is 439 g/mol. The lowest BCUT2D eigenvalue weighted by molar-refractivity contribution is -0.149. The van der Waals surface area contributed by atoms with Crippen molar-refractivity contribution in [1.29, 1.82) is 0 Å². The van der Waals surface area contributed by atoms with Crippen molar-refractivity contribution in [2.75, 3.05) is 32.0 Å². The van der Waals surface area contributed by atoms with Gasteiger partial charge in [-0.1, -0.05) is 12.1 Å². The number of nitrogens with zero attached hydrogens (tertiary/aromatic N) is 3. The van der Waals surface area contributed by atoms with E-state index in [0.717, 1.165) is 29.8 Å². The highest BCUT2D eigenvalue weighted by atomic mass is 19.1. The number of carbonyl (C=O) groups is 2. The first kappa shape index (κ1) is 22.2. The smallest absolute Gasteiger partial charge is 0.229 e. The molecule has 2 amide bonds. The van der Waals surface area contributed by atoms with Gasteiger partial charge in [-0.3, -0.25) is 9.59 Å². The fourth-order valence-corrected chi connectivity index (χ4v) is 5.21. The highest BCUT2D eigenvalue weighted by Gasteiger charge is 2.46. The van der Waals surface area contributed by atoms with Crippen molar-refractivity contribution in [3.8, 4) is 0 Å². The maximum atomic E-state index is 14.1. The van der Waals surface area contributed by atoms with Gasteiger partial charge in [-0.15, -0.1) is 0 Å². The fraction of sp³-hybridized carbons (Fsp3) is 0.480. The summed E-state index contributed by atoms with van der Waals surface area (Å²) >= 11 is 0. The van der Waals surface area contributed by atoms with Crippen LogP contribution in [0.3, 0.4) is 0 Å². The maximum absolute atomic E-state index is 14.1. The van der Waals surface area contributed by atoms with E-state index in [1.54, 1.807) is 24.1 Å². The molecule has 1 atom stereocenters. The zero-order valence-corrected chi connectivity index (χ0v) is 18.8. The van der Waals surface area contributed by atoms with E-state index in [9.17, 15) is 14.0 Å². The van der Waals surface area contributed by atoms with Crippen LogP contribution in [0.2, 0.25) is 0 Å². The predicted octanol–water partition coefficient (Wildman–Crippen LogP) is 3.80. The van der Waals surface area contributed by atoms with Crippen LogP contribution in [0, 0.1) is 11.2 Å². The Kier molecular flexibility index (Phi) is 6.44. The molecule has 6 nitrogen and oxygen atoms in total. The van der Waals surface area contributed by atoms with Gasteiger partial charge in [-0.25, -0.2) is 9.37 Å². The number of likely N-dealkylation sites (tertiary alicyclic amines) is 2. The number of rotatable bonds is 5. The molecule has 3 heterocycles. The standard InChI is InChI=1S/C25H31FN4O2/c1-18(31)29-13-9-25(10-14-29,17-19-5-3-6-21(26)15-19)24(32)30-12-4-7-22(30)20-8-11-28-23(16-20)27-2/h3,5-6,8,11,15-16,22H,4,7,9-10,12-14,17H2,1-2H3,(H,27,28)/t22-/m0/s1. The van der Waals surface area contributed by atoms with Crippen LogP contribution in [0.15, 0.2) is 42.6 Å². The van der Waals surface area contributed by atoms with Crippen molar-refractivity contribution in [3.05, 3.63) is 59.5 Å². The van der Waals surface area contributed by atoms with Crippen LogP contribution in [0.1, 0.15) is 49.8 Å². The van der Waals surface area contributed by atoms with Gasteiger partial charge in [0.1, 0.15) is 11.6 Å². The third-order valence-electron chi connectivity index (χ3n) is 6.99. The second kappa shape index (κ2) is 9.27. The molecule has 2 aromatic rings. The Bertz CT molecular complexity index is 987. The zero-order chi connectivity index (χ0) is 22.7. The molecule has 2 saturated heterocycles. The third kappa shape index (κ3) is 4.47. The van der Waals surface area contributed by atoms with E-state index in [0.29, 0.717) is 38.9 Å². The molecular weight excluding hydrogens is 407 g/mol. The second-order valence-electron chi connectivity index (χ2n) is 8.97. The summed E-state index contributed by atoms with van der Waals surface area (Å²) < 4.78 is 13.9. The van der Waals surface area contributed by atoms with Crippen LogP contribution in [-0.4, -0.2) is 53.3 Å². The van der Waals surface area contributed by atoms with E-state index in [2.05, 4.69) is 10.3 Å². The van der Waals surface area contributed by atoms with Gasteiger partial charge in [0, 0.05) is 39.8 Å². The number of pyridine rings is 1. The topological polar surface area (TPSA) is 65.5 Å².